The number of nitrogens with zero attached hydrogens (tertiary/aromatic N) is 2. The Labute approximate surface area is 150 Å². The van der Waals surface area contributed by atoms with E-state index in [1.807, 2.05) is 76.8 Å². The number of hydrogen-bond donors (Lipinski definition) is 0. The van der Waals surface area contributed by atoms with E-state index in [0.29, 0.717) is 19.6 Å². The third-order valence-corrected chi connectivity index (χ3v) is 4.40. The van der Waals surface area contributed by atoms with Gasteiger partial charge in [-0.1, -0.05) is 44.2 Å². The van der Waals surface area contributed by atoms with Crippen molar-refractivity contribution < 1.29 is 14.3 Å². The van der Waals surface area contributed by atoms with E-state index in [1.165, 1.54) is 0 Å². The van der Waals surface area contributed by atoms with Crippen LogP contribution in [0.2, 0.25) is 0 Å². The Kier molecular flexibility index (Phi) is 5.45. The summed E-state index contributed by atoms with van der Waals surface area (Å²) in [6.07, 6.45) is -0.444. The molecule has 0 aliphatic carbocycles. The molecular formula is C20H30N2O3. The molecule has 1 aliphatic heterocycles. The number of ether oxygens (including phenoxy) is 1. The monoisotopic (exact) mass is 346 g/mol. The van der Waals surface area contributed by atoms with E-state index in [1.54, 1.807) is 4.90 Å². The lowest BCUT2D eigenvalue weighted by molar-refractivity contribution is -0.133. The fourth-order valence-electron chi connectivity index (χ4n) is 3.35. The van der Waals surface area contributed by atoms with Gasteiger partial charge in [-0.05, 0) is 33.3 Å². The molecule has 5 nitrogen and oxygen atoms in total. The molecule has 0 saturated carbocycles. The molecule has 0 bridgehead atoms. The summed E-state index contributed by atoms with van der Waals surface area (Å²) in [6.45, 7) is 13.2. The zero-order valence-corrected chi connectivity index (χ0v) is 16.2. The van der Waals surface area contributed by atoms with Crippen molar-refractivity contribution in [3.8, 4) is 0 Å². The van der Waals surface area contributed by atoms with Crippen LogP contribution in [0.3, 0.4) is 0 Å². The average Bonchev–Trinajstić information content (AvgIpc) is 2.73. The topological polar surface area (TPSA) is 49.9 Å². The molecule has 25 heavy (non-hydrogen) atoms. The molecule has 0 spiro atoms. The summed E-state index contributed by atoms with van der Waals surface area (Å²) in [6, 6.07) is 9.20. The number of hydrogen-bond acceptors (Lipinski definition) is 3. The Morgan fingerprint density at radius 2 is 1.88 bits per heavy atom. The van der Waals surface area contributed by atoms with Gasteiger partial charge in [0.25, 0.3) is 0 Å². The molecule has 1 aromatic carbocycles. The second kappa shape index (κ2) is 7.06. The lowest BCUT2D eigenvalue weighted by atomic mass is 9.86. The largest absolute Gasteiger partial charge is 0.444 e. The SMILES string of the molecule is CCN1CC(C)(C)[C@@H](N(Cc2ccccc2)C(=O)OC(C)(C)C)C1=O. The van der Waals surface area contributed by atoms with Crippen LogP contribution in [0.1, 0.15) is 47.1 Å². The van der Waals surface area contributed by atoms with Gasteiger partial charge in [0.15, 0.2) is 0 Å². The molecule has 0 radical (unpaired) electrons. The highest BCUT2D eigenvalue weighted by Crippen LogP contribution is 2.36. The first-order chi connectivity index (χ1) is 11.5. The van der Waals surface area contributed by atoms with Gasteiger partial charge >= 0.3 is 6.09 Å². The maximum atomic E-state index is 12.9. The highest BCUT2D eigenvalue weighted by molar-refractivity contribution is 5.88. The summed E-state index contributed by atoms with van der Waals surface area (Å²) in [5.41, 5.74) is 0.0352. The maximum absolute atomic E-state index is 12.9. The van der Waals surface area contributed by atoms with Crippen molar-refractivity contribution in [1.82, 2.24) is 9.80 Å². The smallest absolute Gasteiger partial charge is 0.411 e. The van der Waals surface area contributed by atoms with Crippen LogP contribution >= 0.6 is 0 Å². The van der Waals surface area contributed by atoms with Crippen LogP contribution in [0.5, 0.6) is 0 Å². The standard InChI is InChI=1S/C20H30N2O3/c1-7-21-14-20(5,6)16(17(21)23)22(18(24)25-19(2,3)4)13-15-11-9-8-10-12-15/h8-12,16H,7,13-14H2,1-6H3/t16-/m0/s1. The predicted molar refractivity (Wildman–Crippen MR) is 98.0 cm³/mol. The molecule has 5 heteroatoms. The first-order valence-corrected chi connectivity index (χ1v) is 8.87. The number of rotatable bonds is 4. The minimum Gasteiger partial charge on any atom is -0.444 e. The number of carbonyl (C=O) groups excluding carboxylic acids is 2. The van der Waals surface area contributed by atoms with Gasteiger partial charge in [0.05, 0.1) is 0 Å². The average molecular weight is 346 g/mol. The minimum absolute atomic E-state index is 0.00529. The summed E-state index contributed by atoms with van der Waals surface area (Å²) in [7, 11) is 0. The molecule has 2 amide bonds. The minimum atomic E-state index is -0.609. The molecule has 1 aromatic rings. The Bertz CT molecular complexity index is 620. The van der Waals surface area contributed by atoms with Crippen LogP contribution in [-0.2, 0) is 16.1 Å². The number of likely N-dealkylation sites (N-methyl/N-ethyl adjacent to an activating group) is 1. The van der Waals surface area contributed by atoms with E-state index < -0.39 is 17.7 Å². The van der Waals surface area contributed by atoms with E-state index in [-0.39, 0.29) is 11.3 Å². The molecule has 0 aromatic heterocycles. The Hall–Kier alpha value is -2.04. The van der Waals surface area contributed by atoms with Gasteiger partial charge in [0.1, 0.15) is 11.6 Å². The van der Waals surface area contributed by atoms with Crippen molar-refractivity contribution in [2.45, 2.75) is 59.7 Å². The number of likely N-dealkylation sites (tertiary alicyclic amines) is 1. The van der Waals surface area contributed by atoms with Gasteiger partial charge in [-0.15, -0.1) is 0 Å². The molecule has 1 aliphatic rings. The summed E-state index contributed by atoms with van der Waals surface area (Å²) in [5, 5.41) is 0. The number of carbonyl (C=O) groups is 2. The summed E-state index contributed by atoms with van der Waals surface area (Å²) >= 11 is 0. The first-order valence-electron chi connectivity index (χ1n) is 8.87. The highest BCUT2D eigenvalue weighted by atomic mass is 16.6. The van der Waals surface area contributed by atoms with Gasteiger partial charge in [-0.3, -0.25) is 9.69 Å². The quantitative estimate of drug-likeness (QED) is 0.835. The van der Waals surface area contributed by atoms with Crippen molar-refractivity contribution in [3.63, 3.8) is 0 Å². The van der Waals surface area contributed by atoms with Crippen molar-refractivity contribution in [2.75, 3.05) is 13.1 Å². The lowest BCUT2D eigenvalue weighted by Crippen LogP contribution is -2.51. The molecule has 1 heterocycles. The lowest BCUT2D eigenvalue weighted by Gasteiger charge is -2.36. The number of benzene rings is 1. The van der Waals surface area contributed by atoms with Crippen molar-refractivity contribution in [1.29, 1.82) is 0 Å². The first kappa shape index (κ1) is 19.3. The Morgan fingerprint density at radius 3 is 2.36 bits per heavy atom. The van der Waals surface area contributed by atoms with Crippen LogP contribution in [0, 0.1) is 5.41 Å². The normalized spacial score (nSPS) is 19.8. The fourth-order valence-corrected chi connectivity index (χ4v) is 3.35. The van der Waals surface area contributed by atoms with Crippen LogP contribution in [-0.4, -0.2) is 46.5 Å². The third kappa shape index (κ3) is 4.53. The van der Waals surface area contributed by atoms with Gasteiger partial charge in [-0.25, -0.2) is 4.79 Å². The molecular weight excluding hydrogens is 316 g/mol. The van der Waals surface area contributed by atoms with Gasteiger partial charge < -0.3 is 9.64 Å². The molecule has 2 rings (SSSR count). The van der Waals surface area contributed by atoms with Gasteiger partial charge in [-0.2, -0.15) is 0 Å². The van der Waals surface area contributed by atoms with Crippen molar-refractivity contribution in [2.24, 2.45) is 5.41 Å². The van der Waals surface area contributed by atoms with E-state index in [4.69, 9.17) is 4.74 Å². The fraction of sp³-hybridized carbons (Fsp3) is 0.600. The van der Waals surface area contributed by atoms with Gasteiger partial charge in [0.2, 0.25) is 5.91 Å². The van der Waals surface area contributed by atoms with E-state index in [2.05, 4.69) is 0 Å². The molecule has 0 unspecified atom stereocenters. The van der Waals surface area contributed by atoms with Crippen molar-refractivity contribution in [3.05, 3.63) is 35.9 Å². The van der Waals surface area contributed by atoms with E-state index >= 15 is 0 Å². The van der Waals surface area contributed by atoms with Gasteiger partial charge in [0, 0.05) is 25.0 Å². The number of amides is 2. The molecule has 1 atom stereocenters. The summed E-state index contributed by atoms with van der Waals surface area (Å²) in [5.74, 6) is -0.00529. The van der Waals surface area contributed by atoms with Crippen LogP contribution < -0.4 is 0 Å². The van der Waals surface area contributed by atoms with E-state index in [9.17, 15) is 9.59 Å². The zero-order valence-electron chi connectivity index (χ0n) is 16.2. The molecule has 1 saturated heterocycles. The molecule has 1 fully saturated rings. The predicted octanol–water partition coefficient (Wildman–Crippen LogP) is 3.68. The maximum Gasteiger partial charge on any atom is 0.411 e. The Morgan fingerprint density at radius 1 is 1.28 bits per heavy atom. The second-order valence-corrected chi connectivity index (χ2v) is 8.34. The van der Waals surface area contributed by atoms with Crippen LogP contribution in [0.4, 0.5) is 4.79 Å². The highest BCUT2D eigenvalue weighted by Gasteiger charge is 2.50. The summed E-state index contributed by atoms with van der Waals surface area (Å²) < 4.78 is 5.61. The summed E-state index contributed by atoms with van der Waals surface area (Å²) in [4.78, 5) is 29.3. The van der Waals surface area contributed by atoms with E-state index in [0.717, 1.165) is 5.56 Å². The Balaban J connectivity index is 2.36. The second-order valence-electron chi connectivity index (χ2n) is 8.34. The molecule has 0 N–H and O–H groups in total. The molecule has 138 valence electrons. The van der Waals surface area contributed by atoms with Crippen molar-refractivity contribution >= 4 is 12.0 Å². The van der Waals surface area contributed by atoms with Crippen LogP contribution in [0.25, 0.3) is 0 Å². The third-order valence-electron chi connectivity index (χ3n) is 4.40. The van der Waals surface area contributed by atoms with Crippen LogP contribution in [0.15, 0.2) is 30.3 Å². The zero-order chi connectivity index (χ0) is 18.8.